The highest BCUT2D eigenvalue weighted by atomic mass is 32.2. The molecule has 2 heterocycles. The van der Waals surface area contributed by atoms with Crippen LogP contribution in [0.25, 0.3) is 0 Å². The second-order valence-electron chi connectivity index (χ2n) is 8.54. The lowest BCUT2D eigenvalue weighted by Gasteiger charge is -2.30. The average Bonchev–Trinajstić information content (AvgIpc) is 2.72. The molecule has 29 heavy (non-hydrogen) atoms. The van der Waals surface area contributed by atoms with Crippen LogP contribution in [-0.2, 0) is 21.2 Å². The molecular formula is C22H35N3O3S. The highest BCUT2D eigenvalue weighted by Gasteiger charge is 2.25. The van der Waals surface area contributed by atoms with E-state index in [0.717, 1.165) is 43.7 Å². The molecule has 162 valence electrons. The molecule has 7 heteroatoms. The predicted octanol–water partition coefficient (Wildman–Crippen LogP) is 2.64. The van der Waals surface area contributed by atoms with Crippen LogP contribution in [0.2, 0.25) is 0 Å². The summed E-state index contributed by atoms with van der Waals surface area (Å²) in [6, 6.07) is 6.77. The quantitative estimate of drug-likeness (QED) is 0.655. The van der Waals surface area contributed by atoms with Crippen LogP contribution in [0.5, 0.6) is 0 Å². The number of nitrogens with zero attached hydrogens (tertiary/aromatic N) is 2. The van der Waals surface area contributed by atoms with Gasteiger partial charge in [-0.05, 0) is 68.8 Å². The van der Waals surface area contributed by atoms with Crippen LogP contribution in [0.4, 0.5) is 0 Å². The molecule has 0 saturated carbocycles. The average molecular weight is 422 g/mol. The SMILES string of the molecule is CC1CCCN(CCCNC(=O)Cc2ccc(S(=O)(=O)N3CCCCC3)cc2)C1. The summed E-state index contributed by atoms with van der Waals surface area (Å²) in [7, 11) is -3.41. The minimum Gasteiger partial charge on any atom is -0.356 e. The molecule has 1 atom stereocenters. The van der Waals surface area contributed by atoms with Gasteiger partial charge in [0.05, 0.1) is 11.3 Å². The Kier molecular flexibility index (Phi) is 8.09. The van der Waals surface area contributed by atoms with Gasteiger partial charge in [-0.25, -0.2) is 8.42 Å². The molecule has 1 unspecified atom stereocenters. The monoisotopic (exact) mass is 421 g/mol. The molecule has 0 aromatic heterocycles. The molecule has 6 nitrogen and oxygen atoms in total. The van der Waals surface area contributed by atoms with Crippen molar-refractivity contribution in [3.8, 4) is 0 Å². The number of sulfonamides is 1. The van der Waals surface area contributed by atoms with Crippen molar-refractivity contribution in [2.75, 3.05) is 39.3 Å². The summed E-state index contributed by atoms with van der Waals surface area (Å²) in [6.07, 6.45) is 6.79. The summed E-state index contributed by atoms with van der Waals surface area (Å²) in [5.74, 6) is 0.767. The minimum absolute atomic E-state index is 0.0105. The molecule has 2 saturated heterocycles. The summed E-state index contributed by atoms with van der Waals surface area (Å²) < 4.78 is 26.9. The van der Waals surface area contributed by atoms with Gasteiger partial charge in [0.15, 0.2) is 0 Å². The number of likely N-dealkylation sites (tertiary alicyclic amines) is 1. The third-order valence-electron chi connectivity index (χ3n) is 5.96. The van der Waals surface area contributed by atoms with Gasteiger partial charge in [0.25, 0.3) is 0 Å². The van der Waals surface area contributed by atoms with Crippen LogP contribution in [0, 0.1) is 5.92 Å². The van der Waals surface area contributed by atoms with Crippen molar-refractivity contribution in [1.82, 2.24) is 14.5 Å². The fourth-order valence-corrected chi connectivity index (χ4v) is 5.82. The minimum atomic E-state index is -3.41. The van der Waals surface area contributed by atoms with E-state index in [9.17, 15) is 13.2 Å². The van der Waals surface area contributed by atoms with Crippen LogP contribution in [0.3, 0.4) is 0 Å². The maximum absolute atomic E-state index is 12.7. The lowest BCUT2D eigenvalue weighted by Crippen LogP contribution is -2.36. The van der Waals surface area contributed by atoms with Crippen LogP contribution in [0.15, 0.2) is 29.2 Å². The summed E-state index contributed by atoms with van der Waals surface area (Å²) in [5.41, 5.74) is 0.838. The van der Waals surface area contributed by atoms with E-state index in [-0.39, 0.29) is 12.3 Å². The van der Waals surface area contributed by atoms with Crippen LogP contribution < -0.4 is 5.32 Å². The third kappa shape index (κ3) is 6.52. The Morgan fingerprint density at radius 3 is 2.48 bits per heavy atom. The van der Waals surface area contributed by atoms with Gasteiger partial charge in [0.2, 0.25) is 15.9 Å². The predicted molar refractivity (Wildman–Crippen MR) is 115 cm³/mol. The largest absolute Gasteiger partial charge is 0.356 e. The van der Waals surface area contributed by atoms with Crippen molar-refractivity contribution in [1.29, 1.82) is 0 Å². The Labute approximate surface area is 175 Å². The summed E-state index contributed by atoms with van der Waals surface area (Å²) >= 11 is 0. The fraction of sp³-hybridized carbons (Fsp3) is 0.682. The standard InChI is InChI=1S/C22H35N3O3S/c1-19-7-5-13-24(18-19)14-6-12-23-22(26)17-20-8-10-21(11-9-20)29(27,28)25-15-3-2-4-16-25/h8-11,19H,2-7,12-18H2,1H3,(H,23,26). The highest BCUT2D eigenvalue weighted by molar-refractivity contribution is 7.89. The molecule has 2 aliphatic heterocycles. The molecule has 0 radical (unpaired) electrons. The van der Waals surface area contributed by atoms with Crippen molar-refractivity contribution in [3.63, 3.8) is 0 Å². The van der Waals surface area contributed by atoms with Crippen molar-refractivity contribution in [2.45, 2.75) is 56.8 Å². The fourth-order valence-electron chi connectivity index (χ4n) is 4.30. The molecule has 2 aliphatic rings. The van der Waals surface area contributed by atoms with Gasteiger partial charge in [0, 0.05) is 26.2 Å². The number of hydrogen-bond donors (Lipinski definition) is 1. The zero-order valence-electron chi connectivity index (χ0n) is 17.6. The maximum Gasteiger partial charge on any atom is 0.243 e. The Morgan fingerprint density at radius 1 is 1.07 bits per heavy atom. The van der Waals surface area contributed by atoms with E-state index in [1.165, 1.54) is 25.9 Å². The molecule has 3 rings (SSSR count). The Bertz CT molecular complexity index is 758. The van der Waals surface area contributed by atoms with Gasteiger partial charge in [-0.3, -0.25) is 4.79 Å². The summed E-state index contributed by atoms with van der Waals surface area (Å²) in [4.78, 5) is 15.0. The molecule has 0 spiro atoms. The highest BCUT2D eigenvalue weighted by Crippen LogP contribution is 2.21. The first-order valence-electron chi connectivity index (χ1n) is 11.0. The number of piperidine rings is 2. The normalized spacial score (nSPS) is 21.8. The Balaban J connectivity index is 1.41. The number of amides is 1. The van der Waals surface area contributed by atoms with Crippen molar-refractivity contribution in [2.24, 2.45) is 5.92 Å². The first kappa shape index (κ1) is 22.2. The van der Waals surface area contributed by atoms with Crippen LogP contribution >= 0.6 is 0 Å². The summed E-state index contributed by atoms with van der Waals surface area (Å²) in [6.45, 7) is 7.56. The Hall–Kier alpha value is -1.44. The zero-order chi connectivity index (χ0) is 20.7. The van der Waals surface area contributed by atoms with E-state index < -0.39 is 10.0 Å². The van der Waals surface area contributed by atoms with E-state index in [0.29, 0.717) is 24.5 Å². The van der Waals surface area contributed by atoms with Crippen molar-refractivity contribution >= 4 is 15.9 Å². The third-order valence-corrected chi connectivity index (χ3v) is 7.87. The first-order chi connectivity index (χ1) is 13.9. The van der Waals surface area contributed by atoms with E-state index in [1.807, 2.05) is 0 Å². The van der Waals surface area contributed by atoms with E-state index in [2.05, 4.69) is 17.1 Å². The van der Waals surface area contributed by atoms with Crippen LogP contribution in [0.1, 0.15) is 51.0 Å². The molecule has 0 bridgehead atoms. The second kappa shape index (κ2) is 10.5. The number of benzene rings is 1. The van der Waals surface area contributed by atoms with Crippen molar-refractivity contribution < 1.29 is 13.2 Å². The summed E-state index contributed by atoms with van der Waals surface area (Å²) in [5, 5.41) is 2.99. The molecule has 1 amide bonds. The van der Waals surface area contributed by atoms with Gasteiger partial charge in [-0.1, -0.05) is 25.5 Å². The van der Waals surface area contributed by atoms with E-state index >= 15 is 0 Å². The van der Waals surface area contributed by atoms with E-state index in [4.69, 9.17) is 0 Å². The van der Waals surface area contributed by atoms with Crippen LogP contribution in [-0.4, -0.2) is 62.8 Å². The zero-order valence-corrected chi connectivity index (χ0v) is 18.4. The first-order valence-corrected chi connectivity index (χ1v) is 12.5. The molecular weight excluding hydrogens is 386 g/mol. The number of nitrogens with one attached hydrogen (secondary N) is 1. The molecule has 1 aromatic carbocycles. The Morgan fingerprint density at radius 2 is 1.79 bits per heavy atom. The molecule has 1 N–H and O–H groups in total. The van der Waals surface area contributed by atoms with Gasteiger partial charge in [0.1, 0.15) is 0 Å². The molecule has 1 aromatic rings. The van der Waals surface area contributed by atoms with E-state index in [1.54, 1.807) is 28.6 Å². The molecule has 2 fully saturated rings. The number of rotatable bonds is 8. The van der Waals surface area contributed by atoms with Crippen molar-refractivity contribution in [3.05, 3.63) is 29.8 Å². The second-order valence-corrected chi connectivity index (χ2v) is 10.5. The smallest absolute Gasteiger partial charge is 0.243 e. The lowest BCUT2D eigenvalue weighted by molar-refractivity contribution is -0.120. The maximum atomic E-state index is 12.7. The number of carbonyl (C=O) groups excluding carboxylic acids is 1. The number of carbonyl (C=O) groups is 1. The molecule has 0 aliphatic carbocycles. The lowest BCUT2D eigenvalue weighted by atomic mass is 10.0. The van der Waals surface area contributed by atoms with Gasteiger partial charge in [-0.15, -0.1) is 0 Å². The van der Waals surface area contributed by atoms with Gasteiger partial charge in [-0.2, -0.15) is 4.31 Å². The van der Waals surface area contributed by atoms with Gasteiger partial charge >= 0.3 is 0 Å². The van der Waals surface area contributed by atoms with Gasteiger partial charge < -0.3 is 10.2 Å². The number of hydrogen-bond acceptors (Lipinski definition) is 4. The topological polar surface area (TPSA) is 69.7 Å².